The molecule has 0 saturated heterocycles. The van der Waals surface area contributed by atoms with Crippen molar-refractivity contribution in [2.45, 2.75) is 36.6 Å². The number of fused-ring (bicyclic) bond motifs is 2. The normalized spacial score (nSPS) is 13.2. The van der Waals surface area contributed by atoms with Gasteiger partial charge in [-0.1, -0.05) is 42.1 Å². The van der Waals surface area contributed by atoms with Gasteiger partial charge in [0, 0.05) is 16.7 Å². The maximum atomic E-state index is 13.0. The molecule has 0 unspecified atom stereocenters. The van der Waals surface area contributed by atoms with Crippen LogP contribution < -0.4 is 5.56 Å². The number of carbonyl (C=O) groups excluding carboxylic acids is 1. The van der Waals surface area contributed by atoms with Crippen molar-refractivity contribution in [2.75, 3.05) is 7.11 Å². The molecule has 1 N–H and O–H groups in total. The highest BCUT2D eigenvalue weighted by Gasteiger charge is 2.16. The number of esters is 1. The van der Waals surface area contributed by atoms with Crippen LogP contribution in [-0.2, 0) is 23.3 Å². The van der Waals surface area contributed by atoms with E-state index in [1.807, 2.05) is 17.5 Å². The number of H-pyrrole nitrogens is 1. The Morgan fingerprint density at radius 2 is 1.91 bits per heavy atom. The Hall–Kier alpha value is -2.90. The molecule has 1 aliphatic rings. The van der Waals surface area contributed by atoms with Crippen molar-refractivity contribution in [2.24, 2.45) is 0 Å². The highest BCUT2D eigenvalue weighted by atomic mass is 32.2. The van der Waals surface area contributed by atoms with Crippen LogP contribution in [0.3, 0.4) is 0 Å². The predicted molar refractivity (Wildman–Crippen MR) is 130 cm³/mol. The number of hydrogen-bond acceptors (Lipinski definition) is 6. The van der Waals surface area contributed by atoms with Gasteiger partial charge >= 0.3 is 5.97 Å². The molecule has 0 spiro atoms. The SMILES string of the molecule is COC(=O)c1ccc(CSc2nc3scc(-c4ccc5c(c4)CCCC5)c3c(=O)[nH]2)cc1. The summed E-state index contributed by atoms with van der Waals surface area (Å²) >= 11 is 2.98. The third-order valence-electron chi connectivity index (χ3n) is 5.83. The lowest BCUT2D eigenvalue weighted by molar-refractivity contribution is 0.0600. The lowest BCUT2D eigenvalue weighted by Gasteiger charge is -2.16. The Morgan fingerprint density at radius 3 is 2.69 bits per heavy atom. The molecular weight excluding hydrogens is 440 g/mol. The van der Waals surface area contributed by atoms with Gasteiger partial charge in [-0.15, -0.1) is 11.3 Å². The molecule has 0 bridgehead atoms. The molecule has 0 radical (unpaired) electrons. The van der Waals surface area contributed by atoms with Crippen molar-refractivity contribution >= 4 is 39.3 Å². The first-order chi connectivity index (χ1) is 15.6. The molecule has 0 fully saturated rings. The maximum Gasteiger partial charge on any atom is 0.337 e. The molecule has 0 saturated carbocycles. The number of benzene rings is 2. The number of hydrogen-bond donors (Lipinski definition) is 1. The van der Waals surface area contributed by atoms with Crippen LogP contribution in [0.4, 0.5) is 0 Å². The monoisotopic (exact) mass is 462 g/mol. The number of thioether (sulfide) groups is 1. The van der Waals surface area contributed by atoms with E-state index in [1.54, 1.807) is 12.1 Å². The fourth-order valence-corrected chi connectivity index (χ4v) is 5.94. The molecule has 162 valence electrons. The zero-order chi connectivity index (χ0) is 22.1. The largest absolute Gasteiger partial charge is 0.465 e. The smallest absolute Gasteiger partial charge is 0.337 e. The molecule has 0 aliphatic heterocycles. The summed E-state index contributed by atoms with van der Waals surface area (Å²) < 4.78 is 4.73. The van der Waals surface area contributed by atoms with Gasteiger partial charge in [-0.25, -0.2) is 9.78 Å². The van der Waals surface area contributed by atoms with Crippen LogP contribution in [0.15, 0.2) is 57.8 Å². The van der Waals surface area contributed by atoms with E-state index in [-0.39, 0.29) is 11.5 Å². The standard InChI is InChI=1S/C25H22N2O3S2/c1-30-24(29)17-8-6-15(7-9-17)13-32-25-26-22(28)21-20(14-31-23(21)27-25)19-11-10-16-4-2-3-5-18(16)12-19/h6-12,14H,2-5,13H2,1H3,(H,26,27,28). The Kier molecular flexibility index (Phi) is 5.85. The third-order valence-corrected chi connectivity index (χ3v) is 7.65. The fourth-order valence-electron chi connectivity index (χ4n) is 4.12. The molecule has 0 atom stereocenters. The number of aromatic nitrogens is 2. The summed E-state index contributed by atoms with van der Waals surface area (Å²) in [6.45, 7) is 0. The topological polar surface area (TPSA) is 72.0 Å². The van der Waals surface area contributed by atoms with Crippen LogP contribution in [0.25, 0.3) is 21.3 Å². The number of aryl methyl sites for hydroxylation is 2. The van der Waals surface area contributed by atoms with Crippen molar-refractivity contribution in [1.29, 1.82) is 0 Å². The highest BCUT2D eigenvalue weighted by Crippen LogP contribution is 2.34. The number of aromatic amines is 1. The Bertz CT molecular complexity index is 1360. The van der Waals surface area contributed by atoms with Crippen molar-refractivity contribution in [3.63, 3.8) is 0 Å². The number of ether oxygens (including phenoxy) is 1. The summed E-state index contributed by atoms with van der Waals surface area (Å²) in [5.41, 5.74) is 6.34. The van der Waals surface area contributed by atoms with Gasteiger partial charge in [0.2, 0.25) is 0 Å². The quantitative estimate of drug-likeness (QED) is 0.237. The van der Waals surface area contributed by atoms with Gasteiger partial charge in [0.05, 0.1) is 18.1 Å². The second-order valence-electron chi connectivity index (χ2n) is 7.87. The van der Waals surface area contributed by atoms with Crippen molar-refractivity contribution in [1.82, 2.24) is 9.97 Å². The number of rotatable bonds is 5. The minimum Gasteiger partial charge on any atom is -0.465 e. The van der Waals surface area contributed by atoms with E-state index < -0.39 is 0 Å². The number of nitrogens with zero attached hydrogens (tertiary/aromatic N) is 1. The molecule has 2 aromatic carbocycles. The zero-order valence-electron chi connectivity index (χ0n) is 17.6. The first-order valence-electron chi connectivity index (χ1n) is 10.6. The van der Waals surface area contributed by atoms with E-state index in [4.69, 9.17) is 9.72 Å². The molecule has 1 aliphatic carbocycles. The van der Waals surface area contributed by atoms with Crippen LogP contribution >= 0.6 is 23.1 Å². The second kappa shape index (κ2) is 8.92. The lowest BCUT2D eigenvalue weighted by Crippen LogP contribution is -2.09. The van der Waals surface area contributed by atoms with Crippen LogP contribution in [0.5, 0.6) is 0 Å². The highest BCUT2D eigenvalue weighted by molar-refractivity contribution is 7.98. The second-order valence-corrected chi connectivity index (χ2v) is 9.69. The Balaban J connectivity index is 1.38. The lowest BCUT2D eigenvalue weighted by atomic mass is 9.89. The van der Waals surface area contributed by atoms with E-state index in [9.17, 15) is 9.59 Å². The summed E-state index contributed by atoms with van der Waals surface area (Å²) in [7, 11) is 1.37. The molecule has 2 heterocycles. The van der Waals surface area contributed by atoms with Crippen LogP contribution in [0.2, 0.25) is 0 Å². The van der Waals surface area contributed by atoms with Gasteiger partial charge in [0.25, 0.3) is 5.56 Å². The molecule has 5 nitrogen and oxygen atoms in total. The van der Waals surface area contributed by atoms with E-state index >= 15 is 0 Å². The predicted octanol–water partition coefficient (Wildman–Crippen LogP) is 5.61. The minimum absolute atomic E-state index is 0.104. The average molecular weight is 463 g/mol. The molecule has 2 aromatic heterocycles. The number of thiophene rings is 1. The average Bonchev–Trinajstić information content (AvgIpc) is 3.27. The third kappa shape index (κ3) is 4.10. The fraction of sp³-hybridized carbons (Fsp3) is 0.240. The molecular formula is C25H22N2O3S2. The Labute approximate surface area is 193 Å². The number of carbonyl (C=O) groups is 1. The van der Waals surface area contributed by atoms with Gasteiger partial charge in [-0.3, -0.25) is 4.79 Å². The molecule has 32 heavy (non-hydrogen) atoms. The minimum atomic E-state index is -0.354. The van der Waals surface area contributed by atoms with Gasteiger partial charge in [-0.05, 0) is 60.1 Å². The molecule has 5 rings (SSSR count). The summed E-state index contributed by atoms with van der Waals surface area (Å²) in [5, 5.41) is 3.30. The van der Waals surface area contributed by atoms with Crippen molar-refractivity contribution in [3.8, 4) is 11.1 Å². The number of methoxy groups -OCH3 is 1. The van der Waals surface area contributed by atoms with Crippen molar-refractivity contribution < 1.29 is 9.53 Å². The Morgan fingerprint density at radius 1 is 1.12 bits per heavy atom. The van der Waals surface area contributed by atoms with Crippen LogP contribution in [0, 0.1) is 0 Å². The van der Waals surface area contributed by atoms with Gasteiger partial charge in [-0.2, -0.15) is 0 Å². The maximum absolute atomic E-state index is 13.0. The van der Waals surface area contributed by atoms with Gasteiger partial charge < -0.3 is 9.72 Å². The van der Waals surface area contributed by atoms with Crippen LogP contribution in [0.1, 0.15) is 39.9 Å². The first kappa shape index (κ1) is 21.0. The molecule has 4 aromatic rings. The first-order valence-corrected chi connectivity index (χ1v) is 12.4. The van der Waals surface area contributed by atoms with Gasteiger partial charge in [0.1, 0.15) is 4.83 Å². The summed E-state index contributed by atoms with van der Waals surface area (Å²) in [6.07, 6.45) is 4.75. The van der Waals surface area contributed by atoms with Crippen LogP contribution in [-0.4, -0.2) is 23.0 Å². The van der Waals surface area contributed by atoms with E-state index in [2.05, 4.69) is 23.2 Å². The molecule has 0 amide bonds. The van der Waals surface area contributed by atoms with E-state index in [0.717, 1.165) is 34.4 Å². The van der Waals surface area contributed by atoms with Crippen molar-refractivity contribution in [3.05, 3.63) is 80.5 Å². The van der Waals surface area contributed by atoms with E-state index in [0.29, 0.717) is 21.9 Å². The van der Waals surface area contributed by atoms with E-state index in [1.165, 1.54) is 54.2 Å². The summed E-state index contributed by atoms with van der Waals surface area (Å²) in [5.74, 6) is 0.284. The summed E-state index contributed by atoms with van der Waals surface area (Å²) in [6, 6.07) is 13.8. The summed E-state index contributed by atoms with van der Waals surface area (Å²) in [4.78, 5) is 32.9. The number of nitrogens with one attached hydrogen (secondary N) is 1. The zero-order valence-corrected chi connectivity index (χ0v) is 19.3. The molecule has 7 heteroatoms. The van der Waals surface area contributed by atoms with Gasteiger partial charge in [0.15, 0.2) is 5.16 Å².